The number of pyridine rings is 1. The average molecular weight is 488 g/mol. The van der Waals surface area contributed by atoms with Gasteiger partial charge in [-0.25, -0.2) is 15.0 Å². The monoisotopic (exact) mass is 487 g/mol. The number of carbonyl (C=O) groups excluding carboxylic acids is 1. The number of aromatic nitrogens is 5. The summed E-state index contributed by atoms with van der Waals surface area (Å²) in [5, 5.41) is 26.9. The lowest BCUT2D eigenvalue weighted by Gasteiger charge is -2.17. The lowest BCUT2D eigenvalue weighted by Crippen LogP contribution is -2.40. The fraction of sp³-hybridized carbons (Fsp3) is 0.240. The fourth-order valence-corrected chi connectivity index (χ4v) is 4.10. The highest BCUT2D eigenvalue weighted by Gasteiger charge is 2.47. The van der Waals surface area contributed by atoms with Gasteiger partial charge in [0.2, 0.25) is 0 Å². The number of imidazole rings is 1. The first kappa shape index (κ1) is 23.5. The van der Waals surface area contributed by atoms with Gasteiger partial charge in [-0.15, -0.1) is 0 Å². The van der Waals surface area contributed by atoms with Crippen LogP contribution < -0.4 is 10.6 Å². The van der Waals surface area contributed by atoms with E-state index in [-0.39, 0.29) is 0 Å². The third-order valence-corrected chi connectivity index (χ3v) is 5.87. The zero-order valence-corrected chi connectivity index (χ0v) is 19.4. The number of nitrogens with zero attached hydrogens (tertiary/aromatic N) is 5. The van der Waals surface area contributed by atoms with Crippen molar-refractivity contribution in [2.75, 3.05) is 5.32 Å². The quantitative estimate of drug-likeness (QED) is 0.306. The predicted molar refractivity (Wildman–Crippen MR) is 131 cm³/mol. The maximum atomic E-state index is 12.3. The smallest absolute Gasteiger partial charge is 0.255 e. The van der Waals surface area contributed by atoms with Crippen LogP contribution in [-0.4, -0.2) is 58.9 Å². The summed E-state index contributed by atoms with van der Waals surface area (Å²) in [6, 6.07) is 11.8. The van der Waals surface area contributed by atoms with Gasteiger partial charge in [0.25, 0.3) is 5.91 Å². The average Bonchev–Trinajstić information content (AvgIpc) is 3.44. The molecular weight excluding hydrogens is 462 g/mol. The Kier molecular flexibility index (Phi) is 6.42. The van der Waals surface area contributed by atoms with Crippen LogP contribution in [-0.2, 0) is 16.1 Å². The van der Waals surface area contributed by atoms with Crippen LogP contribution in [0.15, 0.2) is 67.9 Å². The van der Waals surface area contributed by atoms with Crippen LogP contribution in [0, 0.1) is 6.92 Å². The summed E-state index contributed by atoms with van der Waals surface area (Å²) in [6.07, 6.45) is 0.775. The number of hydrogen-bond donors (Lipinski definition) is 4. The number of anilines is 1. The Labute approximate surface area is 206 Å². The standard InChI is InChI=1S/C25H25N7O4/c1-3-27-24(35)20-18(33)19(34)25(36-20)32-13-29-17-22(28-11-15-7-5-4-6-8-15)30-21(31-23(17)32)16-9-14(2)10-26-12-16/h3-10,12-13,18-20,25,33-34H,1,11H2,2H3,(H,27,35)(H,28,30,31)/t18-,19+,20-,25+/m0/s1. The van der Waals surface area contributed by atoms with E-state index < -0.39 is 30.4 Å². The topological polar surface area (TPSA) is 147 Å². The number of carbonyl (C=O) groups is 1. The van der Waals surface area contributed by atoms with Crippen LogP contribution in [0.4, 0.5) is 5.82 Å². The summed E-state index contributed by atoms with van der Waals surface area (Å²) in [6.45, 7) is 5.86. The fourth-order valence-electron chi connectivity index (χ4n) is 4.10. The van der Waals surface area contributed by atoms with E-state index in [9.17, 15) is 15.0 Å². The van der Waals surface area contributed by atoms with Crippen LogP contribution in [0.25, 0.3) is 22.6 Å². The molecule has 1 fully saturated rings. The van der Waals surface area contributed by atoms with Crippen LogP contribution in [0.5, 0.6) is 0 Å². The van der Waals surface area contributed by atoms with Crippen molar-refractivity contribution < 1.29 is 19.7 Å². The Hall–Kier alpha value is -4.19. The zero-order valence-electron chi connectivity index (χ0n) is 19.4. The minimum atomic E-state index is -1.45. The Bertz CT molecular complexity index is 1410. The van der Waals surface area contributed by atoms with Crippen molar-refractivity contribution in [1.82, 2.24) is 29.8 Å². The molecule has 4 atom stereocenters. The molecular formula is C25H25N7O4. The highest BCUT2D eigenvalue weighted by atomic mass is 16.6. The first-order valence-electron chi connectivity index (χ1n) is 11.3. The lowest BCUT2D eigenvalue weighted by atomic mass is 10.1. The van der Waals surface area contributed by atoms with Crippen LogP contribution in [0.3, 0.4) is 0 Å². The molecule has 0 radical (unpaired) electrons. The number of aliphatic hydroxyl groups excluding tert-OH is 2. The van der Waals surface area contributed by atoms with Gasteiger partial charge >= 0.3 is 0 Å². The van der Waals surface area contributed by atoms with Crippen LogP contribution in [0.2, 0.25) is 0 Å². The van der Waals surface area contributed by atoms with Gasteiger partial charge in [-0.2, -0.15) is 0 Å². The molecule has 1 aromatic carbocycles. The molecule has 1 saturated heterocycles. The van der Waals surface area contributed by atoms with Crippen molar-refractivity contribution in [3.63, 3.8) is 0 Å². The zero-order chi connectivity index (χ0) is 25.2. The third kappa shape index (κ3) is 4.42. The van der Waals surface area contributed by atoms with Gasteiger partial charge in [0.1, 0.15) is 12.2 Å². The normalized spacial score (nSPS) is 21.4. The van der Waals surface area contributed by atoms with Crippen molar-refractivity contribution >= 4 is 22.9 Å². The number of aryl methyl sites for hydroxylation is 1. The van der Waals surface area contributed by atoms with E-state index >= 15 is 0 Å². The summed E-state index contributed by atoms with van der Waals surface area (Å²) in [5.74, 6) is 0.257. The molecule has 1 aliphatic heterocycles. The van der Waals surface area contributed by atoms with Crippen molar-refractivity contribution in [2.45, 2.75) is 38.0 Å². The summed E-state index contributed by atoms with van der Waals surface area (Å²) < 4.78 is 7.25. The van der Waals surface area contributed by atoms with Crippen molar-refractivity contribution in [3.8, 4) is 11.4 Å². The van der Waals surface area contributed by atoms with Crippen molar-refractivity contribution in [3.05, 3.63) is 79.0 Å². The van der Waals surface area contributed by atoms with E-state index in [4.69, 9.17) is 14.7 Å². The highest BCUT2D eigenvalue weighted by Crippen LogP contribution is 2.33. The van der Waals surface area contributed by atoms with Crippen molar-refractivity contribution in [2.24, 2.45) is 0 Å². The number of rotatable bonds is 7. The number of aliphatic hydroxyl groups is 2. The number of amides is 1. The molecule has 1 amide bonds. The van der Waals surface area contributed by atoms with Gasteiger partial charge in [-0.3, -0.25) is 14.3 Å². The molecule has 4 heterocycles. The lowest BCUT2D eigenvalue weighted by molar-refractivity contribution is -0.136. The Balaban J connectivity index is 1.57. The highest BCUT2D eigenvalue weighted by molar-refractivity contribution is 5.85. The third-order valence-electron chi connectivity index (χ3n) is 5.87. The maximum absolute atomic E-state index is 12.3. The molecule has 4 aromatic rings. The molecule has 11 nitrogen and oxygen atoms in total. The van der Waals surface area contributed by atoms with Gasteiger partial charge in [-0.05, 0) is 30.3 Å². The molecule has 0 spiro atoms. The molecule has 0 aliphatic carbocycles. The largest absolute Gasteiger partial charge is 0.387 e. The molecule has 0 unspecified atom stereocenters. The molecule has 36 heavy (non-hydrogen) atoms. The Morgan fingerprint density at radius 3 is 2.75 bits per heavy atom. The SMILES string of the molecule is C=CNC(=O)[C@H]1O[C@@H](n2cnc3c(NCc4ccccc4)nc(-c4cncc(C)c4)nc32)[C@H](O)[C@@H]1O. The second-order valence-corrected chi connectivity index (χ2v) is 8.45. The number of ether oxygens (including phenoxy) is 1. The molecule has 5 rings (SSSR count). The van der Waals surface area contributed by atoms with Gasteiger partial charge in [0.15, 0.2) is 35.1 Å². The number of fused-ring (bicyclic) bond motifs is 1. The number of hydrogen-bond acceptors (Lipinski definition) is 9. The summed E-state index contributed by atoms with van der Waals surface area (Å²) in [7, 11) is 0. The first-order valence-corrected chi connectivity index (χ1v) is 11.3. The number of nitrogens with one attached hydrogen (secondary N) is 2. The summed E-state index contributed by atoms with van der Waals surface area (Å²) in [4.78, 5) is 30.4. The molecule has 184 valence electrons. The minimum absolute atomic E-state index is 0.359. The van der Waals surface area contributed by atoms with Crippen molar-refractivity contribution in [1.29, 1.82) is 0 Å². The van der Waals surface area contributed by atoms with Crippen LogP contribution in [0.1, 0.15) is 17.4 Å². The Morgan fingerprint density at radius 1 is 1.19 bits per heavy atom. The van der Waals surface area contributed by atoms with E-state index in [1.165, 1.54) is 17.1 Å². The molecule has 1 aliphatic rings. The summed E-state index contributed by atoms with van der Waals surface area (Å²) in [5.41, 5.74) is 3.50. The first-order chi connectivity index (χ1) is 17.5. The van der Waals surface area contributed by atoms with E-state index in [0.717, 1.165) is 11.1 Å². The predicted octanol–water partition coefficient (Wildman–Crippen LogP) is 1.69. The molecule has 0 bridgehead atoms. The van der Waals surface area contributed by atoms with Gasteiger partial charge in [-0.1, -0.05) is 36.9 Å². The van der Waals surface area contributed by atoms with E-state index in [0.29, 0.717) is 34.9 Å². The van der Waals surface area contributed by atoms with E-state index in [1.807, 2.05) is 43.3 Å². The molecule has 3 aromatic heterocycles. The second kappa shape index (κ2) is 9.82. The Morgan fingerprint density at radius 2 is 2.00 bits per heavy atom. The van der Waals surface area contributed by atoms with E-state index in [2.05, 4.69) is 27.2 Å². The molecule has 0 saturated carbocycles. The number of benzene rings is 1. The van der Waals surface area contributed by atoms with Gasteiger partial charge in [0, 0.05) is 24.5 Å². The van der Waals surface area contributed by atoms with Gasteiger partial charge in [0.05, 0.1) is 6.33 Å². The maximum Gasteiger partial charge on any atom is 0.255 e. The van der Waals surface area contributed by atoms with E-state index in [1.54, 1.807) is 12.4 Å². The molecule has 4 N–H and O–H groups in total. The molecule has 11 heteroatoms. The van der Waals surface area contributed by atoms with Crippen LogP contribution >= 0.6 is 0 Å². The second-order valence-electron chi connectivity index (χ2n) is 8.45. The summed E-state index contributed by atoms with van der Waals surface area (Å²) >= 11 is 0. The van der Waals surface area contributed by atoms with Gasteiger partial charge < -0.3 is 25.6 Å². The minimum Gasteiger partial charge on any atom is -0.387 e.